The molecule has 2 amide bonds. The van der Waals surface area contributed by atoms with Crippen molar-refractivity contribution < 1.29 is 19.1 Å². The summed E-state index contributed by atoms with van der Waals surface area (Å²) in [5.41, 5.74) is 1.53. The van der Waals surface area contributed by atoms with E-state index >= 15 is 0 Å². The zero-order valence-corrected chi connectivity index (χ0v) is 10.3. The Balaban J connectivity index is 1.88. The van der Waals surface area contributed by atoms with Crippen LogP contribution in [0.25, 0.3) is 6.08 Å². The molecule has 1 fully saturated rings. The van der Waals surface area contributed by atoms with E-state index in [1.807, 2.05) is 18.2 Å². The van der Waals surface area contributed by atoms with Gasteiger partial charge in [-0.05, 0) is 36.6 Å². The first kappa shape index (κ1) is 11.8. The molecule has 0 aromatic heterocycles. The first-order valence-corrected chi connectivity index (χ1v) is 6.14. The number of amides is 2. The van der Waals surface area contributed by atoms with E-state index in [2.05, 4.69) is 0 Å². The smallest absolute Gasteiger partial charge is 0.256 e. The Kier molecular flexibility index (Phi) is 2.95. The molecule has 0 unspecified atom stereocenters. The topological polar surface area (TPSA) is 55.8 Å². The van der Waals surface area contributed by atoms with Gasteiger partial charge in [0.1, 0.15) is 0 Å². The van der Waals surface area contributed by atoms with Gasteiger partial charge in [0.2, 0.25) is 13.2 Å². The van der Waals surface area contributed by atoms with Crippen LogP contribution in [0.5, 0.6) is 11.5 Å². The van der Waals surface area contributed by atoms with Crippen LogP contribution in [0.15, 0.2) is 23.8 Å². The Morgan fingerprint density at radius 2 is 2.05 bits per heavy atom. The highest BCUT2D eigenvalue weighted by molar-refractivity contribution is 6.03. The molecular formula is C14H13NO4. The number of hydrogen-bond acceptors (Lipinski definition) is 4. The highest BCUT2D eigenvalue weighted by Crippen LogP contribution is 2.33. The molecule has 5 nitrogen and oxygen atoms in total. The minimum absolute atomic E-state index is 0.209. The maximum absolute atomic E-state index is 12.0. The molecule has 1 aromatic carbocycles. The number of piperidine rings is 1. The van der Waals surface area contributed by atoms with Gasteiger partial charge in [-0.15, -0.1) is 0 Å². The van der Waals surface area contributed by atoms with Crippen molar-refractivity contribution in [3.05, 3.63) is 29.3 Å². The highest BCUT2D eigenvalue weighted by Gasteiger charge is 2.22. The van der Waals surface area contributed by atoms with Gasteiger partial charge in [0.05, 0.1) is 0 Å². The first-order valence-electron chi connectivity index (χ1n) is 6.14. The van der Waals surface area contributed by atoms with E-state index in [0.29, 0.717) is 36.4 Å². The summed E-state index contributed by atoms with van der Waals surface area (Å²) in [6.45, 7) is 0.730. The van der Waals surface area contributed by atoms with Crippen LogP contribution >= 0.6 is 0 Å². The maximum Gasteiger partial charge on any atom is 0.256 e. The Hall–Kier alpha value is -2.30. The van der Waals surface area contributed by atoms with Crippen LogP contribution in [0.4, 0.5) is 0 Å². The number of imide groups is 1. The summed E-state index contributed by atoms with van der Waals surface area (Å²) in [6, 6.07) is 5.52. The monoisotopic (exact) mass is 259 g/mol. The molecule has 0 aliphatic carbocycles. The largest absolute Gasteiger partial charge is 0.454 e. The maximum atomic E-state index is 12.0. The molecule has 3 rings (SSSR count). The fourth-order valence-corrected chi connectivity index (χ4v) is 2.27. The Bertz CT molecular complexity index is 565. The van der Waals surface area contributed by atoms with Gasteiger partial charge in [-0.3, -0.25) is 14.5 Å². The average Bonchev–Trinajstić information content (AvgIpc) is 2.88. The second-order valence-corrected chi connectivity index (χ2v) is 4.49. The SMILES string of the molecule is O=CN1CCC/C(=C\c2ccc3c(c2)OCO3)C1=O. The number of nitrogens with zero attached hydrogens (tertiary/aromatic N) is 1. The van der Waals surface area contributed by atoms with Crippen LogP contribution in [-0.2, 0) is 9.59 Å². The molecule has 19 heavy (non-hydrogen) atoms. The van der Waals surface area contributed by atoms with E-state index < -0.39 is 0 Å². The van der Waals surface area contributed by atoms with E-state index in [0.717, 1.165) is 12.0 Å². The molecule has 2 heterocycles. The van der Waals surface area contributed by atoms with Crippen LogP contribution in [-0.4, -0.2) is 30.6 Å². The standard InChI is InChI=1S/C14H13NO4/c16-8-15-5-1-2-11(14(15)17)6-10-3-4-12-13(7-10)19-9-18-12/h3-4,6-8H,1-2,5,9H2/b11-6+. The predicted octanol–water partition coefficient (Wildman–Crippen LogP) is 1.58. The number of benzene rings is 1. The van der Waals surface area contributed by atoms with Crippen molar-refractivity contribution in [2.75, 3.05) is 13.3 Å². The van der Waals surface area contributed by atoms with Gasteiger partial charge in [-0.2, -0.15) is 0 Å². The summed E-state index contributed by atoms with van der Waals surface area (Å²) in [6.07, 6.45) is 3.90. The predicted molar refractivity (Wildman–Crippen MR) is 67.6 cm³/mol. The third-order valence-corrected chi connectivity index (χ3v) is 3.25. The summed E-state index contributed by atoms with van der Waals surface area (Å²) in [7, 11) is 0. The fourth-order valence-electron chi connectivity index (χ4n) is 2.27. The van der Waals surface area contributed by atoms with Crippen molar-refractivity contribution in [2.45, 2.75) is 12.8 Å². The molecule has 0 N–H and O–H groups in total. The Labute approximate surface area is 110 Å². The van der Waals surface area contributed by atoms with Crippen molar-refractivity contribution in [3.63, 3.8) is 0 Å². The molecule has 0 atom stereocenters. The van der Waals surface area contributed by atoms with Crippen LogP contribution in [0.1, 0.15) is 18.4 Å². The molecule has 98 valence electrons. The lowest BCUT2D eigenvalue weighted by Crippen LogP contribution is -2.35. The van der Waals surface area contributed by atoms with Crippen LogP contribution in [0.3, 0.4) is 0 Å². The van der Waals surface area contributed by atoms with Gasteiger partial charge in [-0.1, -0.05) is 6.07 Å². The van der Waals surface area contributed by atoms with Gasteiger partial charge in [0.25, 0.3) is 5.91 Å². The number of ether oxygens (including phenoxy) is 2. The minimum Gasteiger partial charge on any atom is -0.454 e. The molecule has 1 saturated heterocycles. The first-order chi connectivity index (χ1) is 9.28. The van der Waals surface area contributed by atoms with E-state index in [1.54, 1.807) is 6.08 Å². The number of carbonyl (C=O) groups is 2. The van der Waals surface area contributed by atoms with Crippen LogP contribution in [0.2, 0.25) is 0 Å². The van der Waals surface area contributed by atoms with E-state index in [1.165, 1.54) is 4.90 Å². The summed E-state index contributed by atoms with van der Waals surface area (Å²) >= 11 is 0. The number of likely N-dealkylation sites (tertiary alicyclic amines) is 1. The average molecular weight is 259 g/mol. The van der Waals surface area contributed by atoms with Gasteiger partial charge in [0.15, 0.2) is 11.5 Å². The molecule has 2 aliphatic rings. The second-order valence-electron chi connectivity index (χ2n) is 4.49. The van der Waals surface area contributed by atoms with Gasteiger partial charge in [-0.25, -0.2) is 0 Å². The summed E-state index contributed by atoms with van der Waals surface area (Å²) in [5.74, 6) is 1.19. The molecule has 0 saturated carbocycles. The van der Waals surface area contributed by atoms with Crippen molar-refractivity contribution >= 4 is 18.4 Å². The molecular weight excluding hydrogens is 246 g/mol. The minimum atomic E-state index is -0.209. The van der Waals surface area contributed by atoms with Gasteiger partial charge >= 0.3 is 0 Å². The van der Waals surface area contributed by atoms with Gasteiger partial charge < -0.3 is 9.47 Å². The lowest BCUT2D eigenvalue weighted by molar-refractivity contribution is -0.136. The Morgan fingerprint density at radius 3 is 2.89 bits per heavy atom. The number of carbonyl (C=O) groups excluding carboxylic acids is 2. The van der Waals surface area contributed by atoms with E-state index in [9.17, 15) is 9.59 Å². The van der Waals surface area contributed by atoms with E-state index in [-0.39, 0.29) is 12.7 Å². The van der Waals surface area contributed by atoms with Crippen molar-refractivity contribution in [1.82, 2.24) is 4.90 Å². The third-order valence-electron chi connectivity index (χ3n) is 3.25. The lowest BCUT2D eigenvalue weighted by atomic mass is 10.0. The van der Waals surface area contributed by atoms with E-state index in [4.69, 9.17) is 9.47 Å². The Morgan fingerprint density at radius 1 is 1.21 bits per heavy atom. The summed E-state index contributed by atoms with van der Waals surface area (Å²) in [5, 5.41) is 0. The lowest BCUT2D eigenvalue weighted by Gasteiger charge is -2.22. The highest BCUT2D eigenvalue weighted by atomic mass is 16.7. The van der Waals surface area contributed by atoms with Crippen LogP contribution < -0.4 is 9.47 Å². The number of hydrogen-bond donors (Lipinski definition) is 0. The van der Waals surface area contributed by atoms with Crippen molar-refractivity contribution in [3.8, 4) is 11.5 Å². The van der Waals surface area contributed by atoms with Crippen LogP contribution in [0, 0.1) is 0 Å². The molecule has 0 bridgehead atoms. The van der Waals surface area contributed by atoms with Crippen molar-refractivity contribution in [1.29, 1.82) is 0 Å². The summed E-state index contributed by atoms with van der Waals surface area (Å²) in [4.78, 5) is 23.9. The number of rotatable bonds is 2. The zero-order valence-electron chi connectivity index (χ0n) is 10.3. The molecule has 5 heteroatoms. The van der Waals surface area contributed by atoms with Gasteiger partial charge in [0, 0.05) is 12.1 Å². The molecule has 1 aromatic rings. The van der Waals surface area contributed by atoms with Crippen molar-refractivity contribution in [2.24, 2.45) is 0 Å². The fraction of sp³-hybridized carbons (Fsp3) is 0.286. The quantitative estimate of drug-likeness (QED) is 0.597. The number of fused-ring (bicyclic) bond motifs is 1. The second kappa shape index (κ2) is 4.76. The normalized spacial score (nSPS) is 19.9. The molecule has 0 radical (unpaired) electrons. The third kappa shape index (κ3) is 2.19. The summed E-state index contributed by atoms with van der Waals surface area (Å²) < 4.78 is 10.5. The zero-order chi connectivity index (χ0) is 13.2. The molecule has 2 aliphatic heterocycles. The molecule has 0 spiro atoms.